The van der Waals surface area contributed by atoms with Crippen LogP contribution in [-0.4, -0.2) is 58.1 Å². The molecule has 9 heteroatoms. The third-order valence-corrected chi connectivity index (χ3v) is 7.15. The molecule has 1 atom stereocenters. The van der Waals surface area contributed by atoms with Gasteiger partial charge in [0.25, 0.3) is 5.92 Å². The number of alkyl halides is 2. The topological polar surface area (TPSA) is 78.9 Å². The summed E-state index contributed by atoms with van der Waals surface area (Å²) in [6, 6.07) is 2.72. The Morgan fingerprint density at radius 2 is 1.91 bits per heavy atom. The van der Waals surface area contributed by atoms with Gasteiger partial charge in [-0.25, -0.2) is 23.7 Å². The van der Waals surface area contributed by atoms with Gasteiger partial charge in [0.1, 0.15) is 11.6 Å². The van der Waals surface area contributed by atoms with Crippen molar-refractivity contribution in [1.82, 2.24) is 25.3 Å². The lowest BCUT2D eigenvalue weighted by Crippen LogP contribution is -2.44. The minimum Gasteiger partial charge on any atom is -0.361 e. The number of rotatable bonds is 5. The molecule has 1 unspecified atom stereocenters. The van der Waals surface area contributed by atoms with Gasteiger partial charge in [-0.2, -0.15) is 0 Å². The van der Waals surface area contributed by atoms with Gasteiger partial charge in [0, 0.05) is 55.9 Å². The first-order valence-electron chi connectivity index (χ1n) is 12.3. The van der Waals surface area contributed by atoms with Crippen LogP contribution >= 0.6 is 0 Å². The maximum absolute atomic E-state index is 14.4. The summed E-state index contributed by atoms with van der Waals surface area (Å²) in [5.41, 5.74) is 2.81. The maximum Gasteiger partial charge on any atom is 0.267 e. The molecule has 1 aliphatic heterocycles. The third kappa shape index (κ3) is 4.17. The molecule has 3 fully saturated rings. The fourth-order valence-electron chi connectivity index (χ4n) is 5.13. The first-order chi connectivity index (χ1) is 16.6. The van der Waals surface area contributed by atoms with Crippen LogP contribution in [0.25, 0.3) is 22.3 Å². The predicted molar refractivity (Wildman–Crippen MR) is 128 cm³/mol. The number of hydrogen-bond donors (Lipinski definition) is 2. The average molecular weight is 466 g/mol. The number of piperazine rings is 1. The van der Waals surface area contributed by atoms with Crippen molar-refractivity contribution in [3.63, 3.8) is 0 Å². The molecule has 0 amide bonds. The second-order valence-corrected chi connectivity index (χ2v) is 9.64. The first kappa shape index (κ1) is 21.6. The van der Waals surface area contributed by atoms with E-state index in [2.05, 4.69) is 25.5 Å². The minimum atomic E-state index is -2.73. The van der Waals surface area contributed by atoms with E-state index in [1.807, 2.05) is 12.3 Å². The Morgan fingerprint density at radius 3 is 2.71 bits per heavy atom. The quantitative estimate of drug-likeness (QED) is 0.580. The zero-order valence-corrected chi connectivity index (χ0v) is 19.1. The van der Waals surface area contributed by atoms with Crippen LogP contribution in [0.4, 0.5) is 20.4 Å². The lowest BCUT2D eigenvalue weighted by molar-refractivity contribution is -0.0449. The first-order valence-corrected chi connectivity index (χ1v) is 12.3. The van der Waals surface area contributed by atoms with E-state index < -0.39 is 12.0 Å². The number of nitrogens with zero attached hydrogens (tertiary/aromatic N) is 5. The lowest BCUT2D eigenvalue weighted by atomic mass is 9.91. The van der Waals surface area contributed by atoms with Gasteiger partial charge in [0.05, 0.1) is 17.8 Å². The maximum atomic E-state index is 14.4. The standard InChI is InChI=1S/C25H29F2N7/c26-25(27)7-2-1-3-20(25)32-21-13-17(6-8-30-21)23-31-19-15-29-14-18(16-4-5-16)22(19)24(33-23)34-11-9-28-10-12-34/h6,8,13-16,20,28H,1-5,7,9-12H2,(H,30,32). The second kappa shape index (κ2) is 8.69. The molecule has 6 rings (SSSR count). The van der Waals surface area contributed by atoms with Gasteiger partial charge in [-0.3, -0.25) is 4.98 Å². The van der Waals surface area contributed by atoms with Crippen LogP contribution in [0.5, 0.6) is 0 Å². The van der Waals surface area contributed by atoms with Crippen molar-refractivity contribution in [2.75, 3.05) is 36.4 Å². The van der Waals surface area contributed by atoms with Crippen LogP contribution in [0.15, 0.2) is 30.7 Å². The van der Waals surface area contributed by atoms with Crippen molar-refractivity contribution < 1.29 is 8.78 Å². The molecule has 2 aliphatic carbocycles. The Kier molecular flexibility index (Phi) is 5.51. The van der Waals surface area contributed by atoms with Crippen molar-refractivity contribution in [3.8, 4) is 11.4 Å². The summed E-state index contributed by atoms with van der Waals surface area (Å²) < 4.78 is 28.8. The molecular formula is C25H29F2N7. The number of anilines is 2. The highest BCUT2D eigenvalue weighted by Gasteiger charge is 2.41. The highest BCUT2D eigenvalue weighted by Crippen LogP contribution is 2.45. The van der Waals surface area contributed by atoms with Gasteiger partial charge in [-0.15, -0.1) is 0 Å². The highest BCUT2D eigenvalue weighted by molar-refractivity contribution is 5.94. The van der Waals surface area contributed by atoms with Crippen molar-refractivity contribution in [2.24, 2.45) is 0 Å². The summed E-state index contributed by atoms with van der Waals surface area (Å²) in [4.78, 5) is 21.0. The second-order valence-electron chi connectivity index (χ2n) is 9.64. The average Bonchev–Trinajstić information content (AvgIpc) is 3.70. The van der Waals surface area contributed by atoms with Gasteiger partial charge in [0.2, 0.25) is 0 Å². The van der Waals surface area contributed by atoms with Gasteiger partial charge < -0.3 is 15.5 Å². The van der Waals surface area contributed by atoms with E-state index in [4.69, 9.17) is 9.97 Å². The molecule has 1 saturated heterocycles. The third-order valence-electron chi connectivity index (χ3n) is 7.15. The number of halogens is 2. The molecule has 4 heterocycles. The van der Waals surface area contributed by atoms with E-state index in [9.17, 15) is 8.78 Å². The van der Waals surface area contributed by atoms with Gasteiger partial charge in [-0.05, 0) is 49.3 Å². The van der Waals surface area contributed by atoms with Crippen LogP contribution in [0.2, 0.25) is 0 Å². The summed E-state index contributed by atoms with van der Waals surface area (Å²) in [5.74, 6) is -0.259. The zero-order chi connectivity index (χ0) is 23.1. The Labute approximate surface area is 197 Å². The normalized spacial score (nSPS) is 22.6. The molecule has 0 spiro atoms. The lowest BCUT2D eigenvalue weighted by Gasteiger charge is -2.32. The SMILES string of the molecule is FC1(F)CCCCC1Nc1cc(-c2nc(N3CCNCC3)c3c(C4CC4)cncc3n2)ccn1. The van der Waals surface area contributed by atoms with Crippen molar-refractivity contribution >= 4 is 22.5 Å². The van der Waals surface area contributed by atoms with E-state index in [-0.39, 0.29) is 6.42 Å². The number of pyridine rings is 2. The smallest absolute Gasteiger partial charge is 0.267 e. The molecule has 2 saturated carbocycles. The van der Waals surface area contributed by atoms with Gasteiger partial charge in [0.15, 0.2) is 5.82 Å². The minimum absolute atomic E-state index is 0.0808. The summed E-state index contributed by atoms with van der Waals surface area (Å²) in [6.07, 6.45) is 9.48. The number of hydrogen-bond acceptors (Lipinski definition) is 7. The summed E-state index contributed by atoms with van der Waals surface area (Å²) >= 11 is 0. The monoisotopic (exact) mass is 465 g/mol. The molecule has 7 nitrogen and oxygen atoms in total. The molecule has 178 valence electrons. The van der Waals surface area contributed by atoms with Gasteiger partial charge >= 0.3 is 0 Å². The summed E-state index contributed by atoms with van der Waals surface area (Å²) in [7, 11) is 0. The Hall–Kier alpha value is -2.94. The number of nitrogens with one attached hydrogen (secondary N) is 2. The van der Waals surface area contributed by atoms with Crippen molar-refractivity contribution in [1.29, 1.82) is 0 Å². The predicted octanol–water partition coefficient (Wildman–Crippen LogP) is 4.36. The molecule has 0 aromatic carbocycles. The van der Waals surface area contributed by atoms with Crippen LogP contribution in [0.3, 0.4) is 0 Å². The zero-order valence-electron chi connectivity index (χ0n) is 19.1. The Bertz CT molecular complexity index is 1190. The van der Waals surface area contributed by atoms with Crippen molar-refractivity contribution in [3.05, 3.63) is 36.3 Å². The van der Waals surface area contributed by atoms with E-state index >= 15 is 0 Å². The molecule has 0 bridgehead atoms. The van der Waals surface area contributed by atoms with Crippen LogP contribution in [0.1, 0.15) is 50.0 Å². The van der Waals surface area contributed by atoms with E-state index in [1.54, 1.807) is 18.5 Å². The fourth-order valence-corrected chi connectivity index (χ4v) is 5.13. The largest absolute Gasteiger partial charge is 0.361 e. The Balaban J connectivity index is 1.40. The number of fused-ring (bicyclic) bond motifs is 1. The Morgan fingerprint density at radius 1 is 1.06 bits per heavy atom. The number of aromatic nitrogens is 4. The molecular weight excluding hydrogens is 436 g/mol. The molecule has 0 radical (unpaired) electrons. The molecule has 34 heavy (non-hydrogen) atoms. The summed E-state index contributed by atoms with van der Waals surface area (Å²) in [5, 5.41) is 7.48. The molecule has 3 aromatic rings. The van der Waals surface area contributed by atoms with E-state index in [1.165, 1.54) is 18.4 Å². The summed E-state index contributed by atoms with van der Waals surface area (Å²) in [6.45, 7) is 3.56. The van der Waals surface area contributed by atoms with Crippen LogP contribution in [0, 0.1) is 0 Å². The molecule has 3 aromatic heterocycles. The van der Waals surface area contributed by atoms with E-state index in [0.29, 0.717) is 30.4 Å². The van der Waals surface area contributed by atoms with Crippen LogP contribution in [-0.2, 0) is 0 Å². The van der Waals surface area contributed by atoms with E-state index in [0.717, 1.165) is 54.9 Å². The molecule has 3 aliphatic rings. The fraction of sp³-hybridized carbons (Fsp3) is 0.520. The van der Waals surface area contributed by atoms with Crippen LogP contribution < -0.4 is 15.5 Å². The highest BCUT2D eigenvalue weighted by atomic mass is 19.3. The molecule has 2 N–H and O–H groups in total. The van der Waals surface area contributed by atoms with Crippen molar-refractivity contribution in [2.45, 2.75) is 56.4 Å². The van der Waals surface area contributed by atoms with Gasteiger partial charge in [-0.1, -0.05) is 6.42 Å².